The molecule has 0 amide bonds. The van der Waals surface area contributed by atoms with Crippen LogP contribution in [-0.2, 0) is 0 Å². The summed E-state index contributed by atoms with van der Waals surface area (Å²) in [5.74, 6) is 0.967. The van der Waals surface area contributed by atoms with Crippen LogP contribution in [0.2, 0.25) is 0 Å². The summed E-state index contributed by atoms with van der Waals surface area (Å²) in [4.78, 5) is 0. The van der Waals surface area contributed by atoms with E-state index >= 15 is 0 Å². The van der Waals surface area contributed by atoms with Crippen LogP contribution in [0.3, 0.4) is 0 Å². The van der Waals surface area contributed by atoms with Crippen LogP contribution in [0.15, 0.2) is 30.3 Å². The van der Waals surface area contributed by atoms with Gasteiger partial charge in [0.15, 0.2) is 0 Å². The first kappa shape index (κ1) is 11.5. The summed E-state index contributed by atoms with van der Waals surface area (Å²) in [5.41, 5.74) is 0.528. The summed E-state index contributed by atoms with van der Waals surface area (Å²) in [5, 5.41) is 3.55. The van der Waals surface area contributed by atoms with Crippen molar-refractivity contribution in [1.29, 1.82) is 0 Å². The van der Waals surface area contributed by atoms with Gasteiger partial charge in [0.2, 0.25) is 0 Å². The normalized spacial score (nSPS) is 21.8. The molecule has 0 bridgehead atoms. The molecule has 1 aromatic rings. The highest BCUT2D eigenvalue weighted by atomic mass is 16.5. The molecule has 1 aromatic carbocycles. The minimum atomic E-state index is 0.528. The molecule has 0 radical (unpaired) electrons. The monoisotopic (exact) mass is 219 g/mol. The molecule has 2 rings (SSSR count). The van der Waals surface area contributed by atoms with Gasteiger partial charge in [0.1, 0.15) is 5.75 Å². The number of rotatable bonds is 6. The van der Waals surface area contributed by atoms with Gasteiger partial charge < -0.3 is 10.1 Å². The van der Waals surface area contributed by atoms with E-state index in [1.165, 1.54) is 6.42 Å². The Hall–Kier alpha value is -1.02. The van der Waals surface area contributed by atoms with E-state index in [0.717, 1.165) is 31.4 Å². The maximum Gasteiger partial charge on any atom is 0.119 e. The minimum Gasteiger partial charge on any atom is -0.494 e. The summed E-state index contributed by atoms with van der Waals surface area (Å²) < 4.78 is 5.62. The Balaban J connectivity index is 1.53. The molecular weight excluding hydrogens is 198 g/mol. The average Bonchev–Trinajstić information content (AvgIpc) is 2.87. The molecule has 2 nitrogen and oxygen atoms in total. The Kier molecular flexibility index (Phi) is 3.49. The molecule has 0 aromatic heterocycles. The molecular formula is C14H21NO. The fourth-order valence-electron chi connectivity index (χ4n) is 1.87. The third-order valence-electron chi connectivity index (χ3n) is 3.24. The first-order chi connectivity index (χ1) is 7.68. The summed E-state index contributed by atoms with van der Waals surface area (Å²) in [6, 6.07) is 10.7. The highest BCUT2D eigenvalue weighted by Gasteiger charge is 2.44. The third kappa shape index (κ3) is 3.24. The summed E-state index contributed by atoms with van der Waals surface area (Å²) in [6.07, 6.45) is 2.38. The predicted octanol–water partition coefficient (Wildman–Crippen LogP) is 2.84. The number of ether oxygens (including phenoxy) is 1. The number of benzene rings is 1. The first-order valence-corrected chi connectivity index (χ1v) is 6.10. The van der Waals surface area contributed by atoms with Crippen LogP contribution < -0.4 is 10.1 Å². The lowest BCUT2D eigenvalue weighted by molar-refractivity contribution is 0.306. The zero-order valence-electron chi connectivity index (χ0n) is 10.2. The van der Waals surface area contributed by atoms with Crippen molar-refractivity contribution >= 4 is 0 Å². The number of nitrogens with one attached hydrogen (secondary N) is 1. The van der Waals surface area contributed by atoms with E-state index in [9.17, 15) is 0 Å². The van der Waals surface area contributed by atoms with Gasteiger partial charge in [0.25, 0.3) is 0 Å². The topological polar surface area (TPSA) is 21.3 Å². The number of hydrogen-bond donors (Lipinski definition) is 1. The van der Waals surface area contributed by atoms with E-state index in [2.05, 4.69) is 19.2 Å². The van der Waals surface area contributed by atoms with Gasteiger partial charge in [-0.2, -0.15) is 0 Å². The van der Waals surface area contributed by atoms with Crippen molar-refractivity contribution in [2.75, 3.05) is 13.2 Å². The van der Waals surface area contributed by atoms with E-state index in [4.69, 9.17) is 4.74 Å². The SMILES string of the molecule is CC1(C)CC1NCCCOc1ccccc1. The van der Waals surface area contributed by atoms with Crippen molar-refractivity contribution in [1.82, 2.24) is 5.32 Å². The van der Waals surface area contributed by atoms with E-state index in [-0.39, 0.29) is 0 Å². The molecule has 88 valence electrons. The largest absolute Gasteiger partial charge is 0.494 e. The summed E-state index contributed by atoms with van der Waals surface area (Å²) in [6.45, 7) is 6.47. The lowest BCUT2D eigenvalue weighted by Gasteiger charge is -2.08. The highest BCUT2D eigenvalue weighted by molar-refractivity contribution is 5.20. The quantitative estimate of drug-likeness (QED) is 0.743. The van der Waals surface area contributed by atoms with Crippen molar-refractivity contribution in [3.05, 3.63) is 30.3 Å². The van der Waals surface area contributed by atoms with Gasteiger partial charge in [-0.05, 0) is 36.9 Å². The fourth-order valence-corrected chi connectivity index (χ4v) is 1.87. The average molecular weight is 219 g/mol. The van der Waals surface area contributed by atoms with Gasteiger partial charge in [-0.15, -0.1) is 0 Å². The number of para-hydroxylation sites is 1. The molecule has 0 aliphatic heterocycles. The van der Waals surface area contributed by atoms with Gasteiger partial charge in [-0.3, -0.25) is 0 Å². The zero-order valence-corrected chi connectivity index (χ0v) is 10.2. The lowest BCUT2D eigenvalue weighted by atomic mass is 10.2. The van der Waals surface area contributed by atoms with Crippen LogP contribution in [0.5, 0.6) is 5.75 Å². The fraction of sp³-hybridized carbons (Fsp3) is 0.571. The molecule has 2 heteroatoms. The highest BCUT2D eigenvalue weighted by Crippen LogP contribution is 2.44. The van der Waals surface area contributed by atoms with Crippen molar-refractivity contribution < 1.29 is 4.74 Å². The van der Waals surface area contributed by atoms with E-state index in [1.807, 2.05) is 30.3 Å². The minimum absolute atomic E-state index is 0.528. The van der Waals surface area contributed by atoms with Crippen LogP contribution >= 0.6 is 0 Å². The Morgan fingerprint density at radius 1 is 1.31 bits per heavy atom. The summed E-state index contributed by atoms with van der Waals surface area (Å²) in [7, 11) is 0. The number of hydrogen-bond acceptors (Lipinski definition) is 2. The van der Waals surface area contributed by atoms with Crippen molar-refractivity contribution in [3.8, 4) is 5.75 Å². The molecule has 0 heterocycles. The van der Waals surface area contributed by atoms with Crippen molar-refractivity contribution in [2.45, 2.75) is 32.7 Å². The van der Waals surface area contributed by atoms with Crippen molar-refractivity contribution in [2.24, 2.45) is 5.41 Å². The predicted molar refractivity (Wildman–Crippen MR) is 66.7 cm³/mol. The van der Waals surface area contributed by atoms with E-state index in [0.29, 0.717) is 5.41 Å². The second-order valence-electron chi connectivity index (χ2n) is 5.21. The summed E-state index contributed by atoms with van der Waals surface area (Å²) >= 11 is 0. The van der Waals surface area contributed by atoms with E-state index < -0.39 is 0 Å². The van der Waals surface area contributed by atoms with Gasteiger partial charge in [0, 0.05) is 6.04 Å². The molecule has 1 fully saturated rings. The second-order valence-corrected chi connectivity index (χ2v) is 5.21. The Labute approximate surface area is 98.0 Å². The molecule has 1 unspecified atom stereocenters. The second kappa shape index (κ2) is 4.88. The molecule has 1 atom stereocenters. The van der Waals surface area contributed by atoms with Gasteiger partial charge >= 0.3 is 0 Å². The van der Waals surface area contributed by atoms with Crippen LogP contribution in [-0.4, -0.2) is 19.2 Å². The van der Waals surface area contributed by atoms with Crippen molar-refractivity contribution in [3.63, 3.8) is 0 Å². The molecule has 0 spiro atoms. The van der Waals surface area contributed by atoms with Crippen LogP contribution in [0.4, 0.5) is 0 Å². The molecule has 1 aliphatic rings. The van der Waals surface area contributed by atoms with Gasteiger partial charge in [-0.1, -0.05) is 32.0 Å². The third-order valence-corrected chi connectivity index (χ3v) is 3.24. The molecule has 0 saturated heterocycles. The van der Waals surface area contributed by atoms with Crippen LogP contribution in [0, 0.1) is 5.41 Å². The van der Waals surface area contributed by atoms with Crippen LogP contribution in [0.25, 0.3) is 0 Å². The first-order valence-electron chi connectivity index (χ1n) is 6.10. The Bertz CT molecular complexity index is 321. The van der Waals surface area contributed by atoms with Crippen LogP contribution in [0.1, 0.15) is 26.7 Å². The zero-order chi connectivity index (χ0) is 11.4. The molecule has 16 heavy (non-hydrogen) atoms. The lowest BCUT2D eigenvalue weighted by Crippen LogP contribution is -2.23. The smallest absolute Gasteiger partial charge is 0.119 e. The maximum absolute atomic E-state index is 5.62. The Morgan fingerprint density at radius 2 is 2.00 bits per heavy atom. The molecule has 1 aliphatic carbocycles. The standard InChI is InChI=1S/C14H21NO/c1-14(2)11-13(14)15-9-6-10-16-12-7-4-3-5-8-12/h3-5,7-8,13,15H,6,9-11H2,1-2H3. The Morgan fingerprint density at radius 3 is 2.62 bits per heavy atom. The van der Waals surface area contributed by atoms with E-state index in [1.54, 1.807) is 0 Å². The van der Waals surface area contributed by atoms with Gasteiger partial charge in [-0.25, -0.2) is 0 Å². The molecule has 1 N–H and O–H groups in total. The van der Waals surface area contributed by atoms with Gasteiger partial charge in [0.05, 0.1) is 6.61 Å². The maximum atomic E-state index is 5.62. The molecule has 1 saturated carbocycles.